The first-order valence-corrected chi connectivity index (χ1v) is 7.25. The van der Waals surface area contributed by atoms with Gasteiger partial charge in [-0.15, -0.1) is 0 Å². The van der Waals surface area contributed by atoms with Gasteiger partial charge in [0.2, 0.25) is 0 Å². The Kier molecular flexibility index (Phi) is 4.81. The highest BCUT2D eigenvalue weighted by Crippen LogP contribution is 2.34. The molecule has 1 amide bonds. The molecule has 7 heteroatoms. The third kappa shape index (κ3) is 3.38. The van der Waals surface area contributed by atoms with Gasteiger partial charge in [-0.05, 0) is 30.3 Å². The van der Waals surface area contributed by atoms with Crippen LogP contribution in [-0.4, -0.2) is 11.0 Å². The van der Waals surface area contributed by atoms with Gasteiger partial charge in [0.05, 0.1) is 21.3 Å². The molecule has 0 saturated heterocycles. The third-order valence-electron chi connectivity index (χ3n) is 2.45. The summed E-state index contributed by atoms with van der Waals surface area (Å²) < 4.78 is 0.691. The van der Waals surface area contributed by atoms with Crippen LogP contribution in [-0.2, 0) is 0 Å². The van der Waals surface area contributed by atoms with Crippen LogP contribution in [0.15, 0.2) is 34.8 Å². The molecule has 0 unspecified atom stereocenters. The molecule has 0 saturated carbocycles. The van der Waals surface area contributed by atoms with Crippen LogP contribution in [0.1, 0.15) is 10.4 Å². The Morgan fingerprint density at radius 3 is 2.30 bits per heavy atom. The lowest BCUT2D eigenvalue weighted by Gasteiger charge is -2.11. The Labute approximate surface area is 138 Å². The summed E-state index contributed by atoms with van der Waals surface area (Å²) in [5.41, 5.74) is 0.300. The Morgan fingerprint density at radius 1 is 1.10 bits per heavy atom. The summed E-state index contributed by atoms with van der Waals surface area (Å²) in [6.07, 6.45) is 0. The van der Waals surface area contributed by atoms with Gasteiger partial charge in [-0.25, -0.2) is 0 Å². The predicted octanol–water partition coefficient (Wildman–Crippen LogP) is 5.37. The topological polar surface area (TPSA) is 49.3 Å². The van der Waals surface area contributed by atoms with E-state index in [1.165, 1.54) is 18.2 Å². The van der Waals surface area contributed by atoms with Crippen LogP contribution >= 0.6 is 50.7 Å². The highest BCUT2D eigenvalue weighted by Gasteiger charge is 2.16. The van der Waals surface area contributed by atoms with Crippen molar-refractivity contribution < 1.29 is 9.90 Å². The van der Waals surface area contributed by atoms with Crippen LogP contribution in [0.2, 0.25) is 15.1 Å². The molecular formula is C13H7BrCl3NO2. The van der Waals surface area contributed by atoms with Crippen molar-refractivity contribution in [2.75, 3.05) is 5.32 Å². The molecule has 0 aliphatic heterocycles. The van der Waals surface area contributed by atoms with Crippen molar-refractivity contribution in [1.82, 2.24) is 0 Å². The Hall–Kier alpha value is -0.940. The summed E-state index contributed by atoms with van der Waals surface area (Å²) in [6.45, 7) is 0. The molecule has 0 radical (unpaired) electrons. The fourth-order valence-corrected chi connectivity index (χ4v) is 3.01. The molecule has 0 fully saturated rings. The number of hydrogen-bond donors (Lipinski definition) is 2. The normalized spacial score (nSPS) is 10.4. The van der Waals surface area contributed by atoms with E-state index < -0.39 is 5.91 Å². The molecule has 0 heterocycles. The number of amides is 1. The largest absolute Gasteiger partial charge is 0.507 e. The maximum atomic E-state index is 12.1. The zero-order chi connectivity index (χ0) is 14.9. The molecule has 104 valence electrons. The van der Waals surface area contributed by atoms with E-state index in [0.29, 0.717) is 9.50 Å². The zero-order valence-electron chi connectivity index (χ0n) is 9.75. The van der Waals surface area contributed by atoms with Gasteiger partial charge in [0, 0.05) is 9.50 Å². The number of halogens is 4. The second-order valence-electron chi connectivity index (χ2n) is 3.86. The standard InChI is InChI=1S/C13H7BrCl3NO2/c14-6-3-9(16)12(10(17)4-6)18-13(20)8-5-7(15)1-2-11(8)19/h1-5,19H,(H,18,20). The van der Waals surface area contributed by atoms with Gasteiger partial charge in [0.15, 0.2) is 0 Å². The molecular weight excluding hydrogens is 388 g/mol. The number of phenolic OH excluding ortho intramolecular Hbond substituents is 1. The van der Waals surface area contributed by atoms with Crippen molar-refractivity contribution >= 4 is 62.3 Å². The van der Waals surface area contributed by atoms with E-state index in [-0.39, 0.29) is 27.0 Å². The number of rotatable bonds is 2. The lowest BCUT2D eigenvalue weighted by Crippen LogP contribution is -2.13. The lowest BCUT2D eigenvalue weighted by atomic mass is 10.2. The summed E-state index contributed by atoms with van der Waals surface area (Å²) in [5.74, 6) is -0.743. The number of carbonyl (C=O) groups is 1. The van der Waals surface area contributed by atoms with Gasteiger partial charge >= 0.3 is 0 Å². The van der Waals surface area contributed by atoms with Crippen molar-refractivity contribution in [3.05, 3.63) is 55.4 Å². The maximum Gasteiger partial charge on any atom is 0.259 e. The maximum absolute atomic E-state index is 12.1. The van der Waals surface area contributed by atoms with E-state index >= 15 is 0 Å². The molecule has 0 spiro atoms. The van der Waals surface area contributed by atoms with E-state index in [1.54, 1.807) is 12.1 Å². The fourth-order valence-electron chi connectivity index (χ4n) is 1.53. The van der Waals surface area contributed by atoms with Gasteiger partial charge in [-0.3, -0.25) is 4.79 Å². The Bertz CT molecular complexity index is 668. The smallest absolute Gasteiger partial charge is 0.259 e. The molecule has 0 aliphatic carbocycles. The second-order valence-corrected chi connectivity index (χ2v) is 6.03. The first kappa shape index (κ1) is 15.4. The molecule has 3 nitrogen and oxygen atoms in total. The average Bonchev–Trinajstić information content (AvgIpc) is 2.36. The van der Waals surface area contributed by atoms with Crippen LogP contribution in [0, 0.1) is 0 Å². The molecule has 2 N–H and O–H groups in total. The van der Waals surface area contributed by atoms with Crippen LogP contribution in [0.25, 0.3) is 0 Å². The minimum Gasteiger partial charge on any atom is -0.507 e. The highest BCUT2D eigenvalue weighted by atomic mass is 79.9. The summed E-state index contributed by atoms with van der Waals surface area (Å²) in [6, 6.07) is 7.37. The van der Waals surface area contributed by atoms with Gasteiger partial charge in [-0.1, -0.05) is 50.7 Å². The first-order chi connectivity index (χ1) is 9.38. The monoisotopic (exact) mass is 393 g/mol. The molecule has 0 bridgehead atoms. The highest BCUT2D eigenvalue weighted by molar-refractivity contribution is 9.10. The minimum atomic E-state index is -0.559. The van der Waals surface area contributed by atoms with Gasteiger partial charge in [0.25, 0.3) is 5.91 Å². The van der Waals surface area contributed by atoms with E-state index in [2.05, 4.69) is 21.2 Å². The fraction of sp³-hybridized carbons (Fsp3) is 0. The number of phenols is 1. The van der Waals surface area contributed by atoms with Crippen LogP contribution in [0.5, 0.6) is 5.75 Å². The third-order valence-corrected chi connectivity index (χ3v) is 3.74. The number of anilines is 1. The lowest BCUT2D eigenvalue weighted by molar-refractivity contribution is 0.102. The Morgan fingerprint density at radius 2 is 1.70 bits per heavy atom. The average molecular weight is 395 g/mol. The van der Waals surface area contributed by atoms with E-state index in [9.17, 15) is 9.90 Å². The van der Waals surface area contributed by atoms with Crippen LogP contribution < -0.4 is 5.32 Å². The zero-order valence-corrected chi connectivity index (χ0v) is 13.6. The summed E-state index contributed by atoms with van der Waals surface area (Å²) in [4.78, 5) is 12.1. The number of nitrogens with one attached hydrogen (secondary N) is 1. The quantitative estimate of drug-likeness (QED) is 0.718. The van der Waals surface area contributed by atoms with Crippen molar-refractivity contribution in [1.29, 1.82) is 0 Å². The second kappa shape index (κ2) is 6.22. The van der Waals surface area contributed by atoms with Gasteiger partial charge in [-0.2, -0.15) is 0 Å². The van der Waals surface area contributed by atoms with Crippen molar-refractivity contribution in [3.63, 3.8) is 0 Å². The van der Waals surface area contributed by atoms with Gasteiger partial charge in [0.1, 0.15) is 5.75 Å². The Balaban J connectivity index is 2.35. The number of aromatic hydroxyl groups is 1. The summed E-state index contributed by atoms with van der Waals surface area (Å²) >= 11 is 21.1. The predicted molar refractivity (Wildman–Crippen MR) is 85.2 cm³/mol. The van der Waals surface area contributed by atoms with E-state index in [0.717, 1.165) is 0 Å². The molecule has 0 aliphatic rings. The van der Waals surface area contributed by atoms with Crippen molar-refractivity contribution in [2.45, 2.75) is 0 Å². The minimum absolute atomic E-state index is 0.0348. The molecule has 2 aromatic rings. The van der Waals surface area contributed by atoms with Crippen molar-refractivity contribution in [3.8, 4) is 5.75 Å². The number of benzene rings is 2. The number of hydrogen-bond acceptors (Lipinski definition) is 2. The summed E-state index contributed by atoms with van der Waals surface area (Å²) in [5, 5.41) is 13.1. The van der Waals surface area contributed by atoms with Crippen LogP contribution in [0.4, 0.5) is 5.69 Å². The van der Waals surface area contributed by atoms with E-state index in [4.69, 9.17) is 34.8 Å². The molecule has 20 heavy (non-hydrogen) atoms. The molecule has 0 atom stereocenters. The number of carbonyl (C=O) groups excluding carboxylic acids is 1. The van der Waals surface area contributed by atoms with E-state index in [1.807, 2.05) is 0 Å². The molecule has 2 aromatic carbocycles. The van der Waals surface area contributed by atoms with Gasteiger partial charge < -0.3 is 10.4 Å². The molecule has 2 rings (SSSR count). The SMILES string of the molecule is O=C(Nc1c(Cl)cc(Br)cc1Cl)c1cc(Cl)ccc1O. The first-order valence-electron chi connectivity index (χ1n) is 5.33. The van der Waals surface area contributed by atoms with Crippen molar-refractivity contribution in [2.24, 2.45) is 0 Å². The summed E-state index contributed by atoms with van der Waals surface area (Å²) in [7, 11) is 0. The van der Waals surface area contributed by atoms with Crippen LogP contribution in [0.3, 0.4) is 0 Å². The molecule has 0 aromatic heterocycles.